The summed E-state index contributed by atoms with van der Waals surface area (Å²) in [4.78, 5) is 12.2. The Hall–Kier alpha value is -2.53. The average Bonchev–Trinajstić information content (AvgIpc) is 3.16. The van der Waals surface area contributed by atoms with Gasteiger partial charge in [0.2, 0.25) is 0 Å². The van der Waals surface area contributed by atoms with Gasteiger partial charge in [0.25, 0.3) is 5.91 Å². The Morgan fingerprint density at radius 1 is 1.25 bits per heavy atom. The van der Waals surface area contributed by atoms with E-state index in [9.17, 15) is 4.79 Å². The van der Waals surface area contributed by atoms with Crippen LogP contribution in [0.4, 0.5) is 0 Å². The molecule has 1 amide bonds. The highest BCUT2D eigenvalue weighted by molar-refractivity contribution is 6.33. The zero-order valence-corrected chi connectivity index (χ0v) is 14.3. The van der Waals surface area contributed by atoms with Gasteiger partial charge in [0.05, 0.1) is 34.7 Å². The van der Waals surface area contributed by atoms with Gasteiger partial charge in [-0.05, 0) is 38.1 Å². The molecule has 0 saturated carbocycles. The van der Waals surface area contributed by atoms with Gasteiger partial charge in [0.1, 0.15) is 5.76 Å². The van der Waals surface area contributed by atoms with Crippen LogP contribution in [0.5, 0.6) is 0 Å². The number of aryl methyl sites for hydroxylation is 1. The SMILES string of the molecule is Cc1nn(CCNC(=O)c2ccccc2Cl)c(C)c1-c1ccco1. The van der Waals surface area contributed by atoms with Gasteiger partial charge in [0.15, 0.2) is 0 Å². The quantitative estimate of drug-likeness (QED) is 0.765. The molecule has 1 aromatic carbocycles. The Kier molecular flexibility index (Phi) is 4.71. The summed E-state index contributed by atoms with van der Waals surface area (Å²) in [6, 6.07) is 10.8. The molecule has 124 valence electrons. The normalized spacial score (nSPS) is 10.8. The number of furan rings is 1. The number of nitrogens with zero attached hydrogens (tertiary/aromatic N) is 2. The molecular formula is C18H18ClN3O2. The van der Waals surface area contributed by atoms with E-state index in [0.717, 1.165) is 22.7 Å². The molecule has 0 radical (unpaired) electrons. The van der Waals surface area contributed by atoms with Crippen molar-refractivity contribution in [1.82, 2.24) is 15.1 Å². The molecule has 0 fully saturated rings. The Labute approximate surface area is 145 Å². The minimum Gasteiger partial charge on any atom is -0.464 e. The zero-order chi connectivity index (χ0) is 17.1. The second-order valence-electron chi connectivity index (χ2n) is 5.48. The summed E-state index contributed by atoms with van der Waals surface area (Å²) >= 11 is 6.03. The number of benzene rings is 1. The van der Waals surface area contributed by atoms with Gasteiger partial charge in [-0.15, -0.1) is 0 Å². The van der Waals surface area contributed by atoms with Gasteiger partial charge >= 0.3 is 0 Å². The second-order valence-corrected chi connectivity index (χ2v) is 5.89. The summed E-state index contributed by atoms with van der Waals surface area (Å²) in [6.07, 6.45) is 1.65. The van der Waals surface area contributed by atoms with Gasteiger partial charge in [0, 0.05) is 12.2 Å². The highest BCUT2D eigenvalue weighted by Crippen LogP contribution is 2.27. The maximum atomic E-state index is 12.2. The summed E-state index contributed by atoms with van der Waals surface area (Å²) in [7, 11) is 0. The van der Waals surface area contributed by atoms with Crippen LogP contribution in [0.25, 0.3) is 11.3 Å². The minimum absolute atomic E-state index is 0.187. The lowest BCUT2D eigenvalue weighted by atomic mass is 10.1. The number of aromatic nitrogens is 2. The molecular weight excluding hydrogens is 326 g/mol. The monoisotopic (exact) mass is 343 g/mol. The van der Waals surface area contributed by atoms with E-state index in [1.807, 2.05) is 30.7 Å². The van der Waals surface area contributed by atoms with E-state index >= 15 is 0 Å². The maximum absolute atomic E-state index is 12.2. The number of carbonyl (C=O) groups is 1. The molecule has 2 aromatic heterocycles. The zero-order valence-electron chi connectivity index (χ0n) is 13.5. The molecule has 0 bridgehead atoms. The average molecular weight is 344 g/mol. The summed E-state index contributed by atoms with van der Waals surface area (Å²) in [5.41, 5.74) is 3.38. The fraction of sp³-hybridized carbons (Fsp3) is 0.222. The first kappa shape index (κ1) is 16.3. The van der Waals surface area contributed by atoms with Crippen LogP contribution in [0.15, 0.2) is 47.1 Å². The first-order chi connectivity index (χ1) is 11.6. The molecule has 0 aliphatic rings. The predicted molar refractivity (Wildman–Crippen MR) is 93.2 cm³/mol. The number of hydrogen-bond acceptors (Lipinski definition) is 3. The minimum atomic E-state index is -0.187. The van der Waals surface area contributed by atoms with Crippen molar-refractivity contribution in [3.63, 3.8) is 0 Å². The van der Waals surface area contributed by atoms with Crippen LogP contribution in [0.3, 0.4) is 0 Å². The van der Waals surface area contributed by atoms with E-state index < -0.39 is 0 Å². The van der Waals surface area contributed by atoms with Crippen LogP contribution in [0.1, 0.15) is 21.7 Å². The van der Waals surface area contributed by atoms with Gasteiger partial charge in [-0.3, -0.25) is 9.48 Å². The van der Waals surface area contributed by atoms with E-state index in [1.165, 1.54) is 0 Å². The number of hydrogen-bond donors (Lipinski definition) is 1. The van der Waals surface area contributed by atoms with Crippen LogP contribution < -0.4 is 5.32 Å². The summed E-state index contributed by atoms with van der Waals surface area (Å²) in [5.74, 6) is 0.616. The number of carbonyl (C=O) groups excluding carboxylic acids is 1. The summed E-state index contributed by atoms with van der Waals surface area (Å²) < 4.78 is 7.35. The van der Waals surface area contributed by atoms with Crippen molar-refractivity contribution in [2.24, 2.45) is 0 Å². The van der Waals surface area contributed by atoms with Crippen molar-refractivity contribution in [3.05, 3.63) is 64.6 Å². The van der Waals surface area contributed by atoms with Crippen LogP contribution >= 0.6 is 11.6 Å². The molecule has 2 heterocycles. The van der Waals surface area contributed by atoms with Crippen LogP contribution in [0, 0.1) is 13.8 Å². The van der Waals surface area contributed by atoms with Crippen molar-refractivity contribution in [3.8, 4) is 11.3 Å². The highest BCUT2D eigenvalue weighted by Gasteiger charge is 2.15. The van der Waals surface area contributed by atoms with Crippen LogP contribution in [-0.2, 0) is 6.54 Å². The molecule has 24 heavy (non-hydrogen) atoms. The predicted octanol–water partition coefficient (Wildman–Crippen LogP) is 3.84. The third-order valence-electron chi connectivity index (χ3n) is 3.88. The molecule has 0 atom stereocenters. The lowest BCUT2D eigenvalue weighted by molar-refractivity contribution is 0.0952. The smallest absolute Gasteiger partial charge is 0.252 e. The molecule has 6 heteroatoms. The molecule has 5 nitrogen and oxygen atoms in total. The topological polar surface area (TPSA) is 60.1 Å². The molecule has 0 aliphatic heterocycles. The van der Waals surface area contributed by atoms with Crippen molar-refractivity contribution in [1.29, 1.82) is 0 Å². The van der Waals surface area contributed by atoms with E-state index in [-0.39, 0.29) is 5.91 Å². The summed E-state index contributed by atoms with van der Waals surface area (Å²) in [6.45, 7) is 4.98. The number of halogens is 1. The Morgan fingerprint density at radius 2 is 2.04 bits per heavy atom. The van der Waals surface area contributed by atoms with Gasteiger partial charge in [-0.2, -0.15) is 5.10 Å². The molecule has 0 unspecified atom stereocenters. The van der Waals surface area contributed by atoms with Crippen molar-refractivity contribution in [2.45, 2.75) is 20.4 Å². The largest absolute Gasteiger partial charge is 0.464 e. The lowest BCUT2D eigenvalue weighted by Crippen LogP contribution is -2.28. The first-order valence-corrected chi connectivity index (χ1v) is 8.06. The molecule has 0 aliphatic carbocycles. The molecule has 1 N–H and O–H groups in total. The van der Waals surface area contributed by atoms with E-state index in [0.29, 0.717) is 23.7 Å². The number of nitrogens with one attached hydrogen (secondary N) is 1. The third-order valence-corrected chi connectivity index (χ3v) is 4.21. The molecule has 0 saturated heterocycles. The second kappa shape index (κ2) is 6.93. The first-order valence-electron chi connectivity index (χ1n) is 7.68. The number of rotatable bonds is 5. The van der Waals surface area contributed by atoms with Crippen molar-refractivity contribution in [2.75, 3.05) is 6.54 Å². The van der Waals surface area contributed by atoms with Crippen LogP contribution in [0.2, 0.25) is 5.02 Å². The van der Waals surface area contributed by atoms with Crippen molar-refractivity contribution < 1.29 is 9.21 Å². The highest BCUT2D eigenvalue weighted by atomic mass is 35.5. The fourth-order valence-corrected chi connectivity index (χ4v) is 2.93. The molecule has 3 aromatic rings. The lowest BCUT2D eigenvalue weighted by Gasteiger charge is -2.08. The Morgan fingerprint density at radius 3 is 2.75 bits per heavy atom. The van der Waals surface area contributed by atoms with E-state index in [2.05, 4.69) is 10.4 Å². The van der Waals surface area contributed by atoms with Crippen LogP contribution in [-0.4, -0.2) is 22.2 Å². The number of amides is 1. The van der Waals surface area contributed by atoms with E-state index in [4.69, 9.17) is 16.0 Å². The Bertz CT molecular complexity index is 853. The molecule has 0 spiro atoms. The Balaban J connectivity index is 1.67. The van der Waals surface area contributed by atoms with E-state index in [1.54, 1.807) is 30.5 Å². The van der Waals surface area contributed by atoms with Gasteiger partial charge < -0.3 is 9.73 Å². The molecule has 3 rings (SSSR count). The maximum Gasteiger partial charge on any atom is 0.252 e. The fourth-order valence-electron chi connectivity index (χ4n) is 2.71. The standard InChI is InChI=1S/C18H18ClN3O2/c1-12-17(16-8-5-11-24-16)13(2)22(21-12)10-9-20-18(23)14-6-3-4-7-15(14)19/h3-8,11H,9-10H2,1-2H3,(H,20,23). The third kappa shape index (κ3) is 3.21. The van der Waals surface area contributed by atoms with Gasteiger partial charge in [-0.1, -0.05) is 23.7 Å². The summed E-state index contributed by atoms with van der Waals surface area (Å²) in [5, 5.41) is 7.85. The van der Waals surface area contributed by atoms with Crippen molar-refractivity contribution >= 4 is 17.5 Å². The van der Waals surface area contributed by atoms with Gasteiger partial charge in [-0.25, -0.2) is 0 Å².